The third kappa shape index (κ3) is 4.54. The van der Waals surface area contributed by atoms with Crippen molar-refractivity contribution in [3.63, 3.8) is 0 Å². The van der Waals surface area contributed by atoms with E-state index in [4.69, 9.17) is 13.9 Å². The van der Waals surface area contributed by atoms with Gasteiger partial charge in [0.1, 0.15) is 24.4 Å². The molecule has 0 bridgehead atoms. The second-order valence-electron chi connectivity index (χ2n) is 8.86. The van der Waals surface area contributed by atoms with Crippen LogP contribution in [0.25, 0.3) is 11.0 Å². The lowest BCUT2D eigenvalue weighted by Gasteiger charge is -2.29. The molecular formula is C27H28N2O6. The van der Waals surface area contributed by atoms with Crippen molar-refractivity contribution >= 4 is 22.7 Å². The second-order valence-corrected chi connectivity index (χ2v) is 8.86. The van der Waals surface area contributed by atoms with Crippen LogP contribution in [0, 0.1) is 0 Å². The molecule has 0 saturated carbocycles. The van der Waals surface area contributed by atoms with Gasteiger partial charge < -0.3 is 28.8 Å². The van der Waals surface area contributed by atoms with Gasteiger partial charge >= 0.3 is 0 Å². The van der Waals surface area contributed by atoms with Crippen LogP contribution in [0.1, 0.15) is 28.6 Å². The van der Waals surface area contributed by atoms with E-state index in [0.29, 0.717) is 29.9 Å². The molecule has 1 amide bonds. The first kappa shape index (κ1) is 23.1. The molecule has 0 aliphatic carbocycles. The summed E-state index contributed by atoms with van der Waals surface area (Å²) in [6.45, 7) is 4.56. The van der Waals surface area contributed by atoms with E-state index in [1.165, 1.54) is 9.80 Å². The van der Waals surface area contributed by atoms with Gasteiger partial charge in [0.2, 0.25) is 11.7 Å². The summed E-state index contributed by atoms with van der Waals surface area (Å²) in [7, 11) is 1.57. The zero-order chi connectivity index (χ0) is 24.4. The fourth-order valence-corrected chi connectivity index (χ4v) is 4.87. The summed E-state index contributed by atoms with van der Waals surface area (Å²) < 4.78 is 16.4. The van der Waals surface area contributed by atoms with E-state index < -0.39 is 23.5 Å². The molecule has 2 aliphatic rings. The predicted molar refractivity (Wildman–Crippen MR) is 126 cm³/mol. The molecule has 1 N–H and O–H groups in total. The van der Waals surface area contributed by atoms with Gasteiger partial charge in [-0.15, -0.1) is 0 Å². The topological polar surface area (TPSA) is 96.5 Å². The number of para-hydroxylation sites is 1. The van der Waals surface area contributed by atoms with Crippen LogP contribution in [-0.2, 0) is 9.53 Å². The molecule has 2 aromatic carbocycles. The number of hydrogen-bond donors (Lipinski definition) is 1. The molecule has 2 aliphatic heterocycles. The van der Waals surface area contributed by atoms with Gasteiger partial charge in [0.05, 0.1) is 32.9 Å². The fraction of sp³-hybridized carbons (Fsp3) is 0.333. The van der Waals surface area contributed by atoms with E-state index in [-0.39, 0.29) is 11.3 Å². The van der Waals surface area contributed by atoms with Crippen molar-refractivity contribution in [1.82, 2.24) is 4.90 Å². The Morgan fingerprint density at radius 3 is 2.60 bits per heavy atom. The van der Waals surface area contributed by atoms with Crippen molar-refractivity contribution in [2.75, 3.05) is 46.5 Å². The lowest BCUT2D eigenvalue weighted by atomic mass is 9.95. The Labute approximate surface area is 203 Å². The molecule has 1 saturated heterocycles. The van der Waals surface area contributed by atoms with Crippen LogP contribution in [0.2, 0.25) is 0 Å². The van der Waals surface area contributed by atoms with Crippen LogP contribution in [0.15, 0.2) is 70.3 Å². The van der Waals surface area contributed by atoms with Crippen LogP contribution < -0.4 is 14.7 Å². The maximum absolute atomic E-state index is 13.6. The number of nitrogens with one attached hydrogen (secondary N) is 1. The standard InChI is InChI=1S/C27H28N2O6/c1-33-20-9-7-18(8-10-20)24-23(25(30)22-17-19-5-2-3-6-21(19)35-22)26(31)27(32)29(24)12-4-11-28-13-15-34-16-14-28/h2-3,5-10,17,24,31H,4,11-16H2,1H3. The molecule has 8 nitrogen and oxygen atoms in total. The first-order valence-electron chi connectivity index (χ1n) is 11.9. The maximum atomic E-state index is 13.6. The quantitative estimate of drug-likeness (QED) is 0.490. The van der Waals surface area contributed by atoms with Gasteiger partial charge in [0.15, 0.2) is 5.76 Å². The first-order chi connectivity index (χ1) is 17.1. The number of quaternary nitrogens is 1. The first-order valence-corrected chi connectivity index (χ1v) is 11.9. The normalized spacial score (nSPS) is 19.1. The number of carbonyl (C=O) groups is 2. The number of ketones is 1. The molecule has 8 heteroatoms. The van der Waals surface area contributed by atoms with E-state index >= 15 is 0 Å². The second kappa shape index (κ2) is 9.93. The summed E-state index contributed by atoms with van der Waals surface area (Å²) >= 11 is 0. The largest absolute Gasteiger partial charge is 0.868 e. The summed E-state index contributed by atoms with van der Waals surface area (Å²) in [6.07, 6.45) is 0.715. The van der Waals surface area contributed by atoms with Gasteiger partial charge in [-0.05, 0) is 35.6 Å². The van der Waals surface area contributed by atoms with Gasteiger partial charge in [-0.3, -0.25) is 9.59 Å². The third-order valence-corrected chi connectivity index (χ3v) is 6.74. The Kier molecular flexibility index (Phi) is 6.57. The van der Waals surface area contributed by atoms with Crippen molar-refractivity contribution in [3.05, 3.63) is 77.3 Å². The van der Waals surface area contributed by atoms with Gasteiger partial charge in [0.25, 0.3) is 0 Å². The van der Waals surface area contributed by atoms with Crippen LogP contribution in [-0.4, -0.2) is 63.1 Å². The van der Waals surface area contributed by atoms with Gasteiger partial charge in [-0.1, -0.05) is 30.3 Å². The third-order valence-electron chi connectivity index (χ3n) is 6.74. The molecule has 0 radical (unpaired) electrons. The molecule has 1 aromatic heterocycles. The minimum absolute atomic E-state index is 0.0560. The van der Waals surface area contributed by atoms with Crippen molar-refractivity contribution < 1.29 is 33.5 Å². The molecule has 1 atom stereocenters. The minimum Gasteiger partial charge on any atom is -0.868 e. The Morgan fingerprint density at radius 1 is 1.14 bits per heavy atom. The molecule has 1 unspecified atom stereocenters. The lowest BCUT2D eigenvalue weighted by Crippen LogP contribution is -3.14. The number of carbonyl (C=O) groups excluding carboxylic acids is 2. The zero-order valence-corrected chi connectivity index (χ0v) is 19.6. The smallest absolute Gasteiger partial charge is 0.239 e. The molecule has 182 valence electrons. The molecule has 5 rings (SSSR count). The van der Waals surface area contributed by atoms with Gasteiger partial charge in [0, 0.05) is 23.9 Å². The average molecular weight is 477 g/mol. The molecule has 35 heavy (non-hydrogen) atoms. The lowest BCUT2D eigenvalue weighted by molar-refractivity contribution is -0.908. The minimum atomic E-state index is -0.777. The van der Waals surface area contributed by atoms with Crippen molar-refractivity contribution in [2.24, 2.45) is 0 Å². The Bertz CT molecular complexity index is 1220. The highest BCUT2D eigenvalue weighted by molar-refractivity contribution is 6.15. The van der Waals surface area contributed by atoms with Crippen molar-refractivity contribution in [2.45, 2.75) is 12.5 Å². The predicted octanol–water partition coefficient (Wildman–Crippen LogP) is 1.13. The monoisotopic (exact) mass is 476 g/mol. The maximum Gasteiger partial charge on any atom is 0.239 e. The SMILES string of the molecule is COc1ccc(C2C(C(=O)c3cc4ccccc4o3)=C([O-])C(=O)N2CCC[NH+]2CCOCC2)cc1. The number of benzene rings is 2. The summed E-state index contributed by atoms with van der Waals surface area (Å²) in [5.74, 6) is -1.27. The Balaban J connectivity index is 1.45. The summed E-state index contributed by atoms with van der Waals surface area (Å²) in [6, 6.07) is 15.2. The highest BCUT2D eigenvalue weighted by atomic mass is 16.5. The van der Waals surface area contributed by atoms with Gasteiger partial charge in [-0.2, -0.15) is 0 Å². The van der Waals surface area contributed by atoms with Crippen LogP contribution >= 0.6 is 0 Å². The summed E-state index contributed by atoms with van der Waals surface area (Å²) in [5, 5.41) is 13.9. The zero-order valence-electron chi connectivity index (χ0n) is 19.6. The van der Waals surface area contributed by atoms with Crippen LogP contribution in [0.3, 0.4) is 0 Å². The van der Waals surface area contributed by atoms with Gasteiger partial charge in [-0.25, -0.2) is 0 Å². The number of Topliss-reactive ketones (excluding diaryl/α,β-unsaturated/α-hetero) is 1. The molecule has 1 fully saturated rings. The molecule has 3 heterocycles. The number of hydrogen-bond acceptors (Lipinski definition) is 6. The molecule has 3 aromatic rings. The van der Waals surface area contributed by atoms with E-state index in [9.17, 15) is 14.7 Å². The van der Waals surface area contributed by atoms with Crippen LogP contribution in [0.4, 0.5) is 0 Å². The van der Waals surface area contributed by atoms with Crippen molar-refractivity contribution in [1.29, 1.82) is 0 Å². The van der Waals surface area contributed by atoms with Crippen LogP contribution in [0.5, 0.6) is 5.75 Å². The molecular weight excluding hydrogens is 448 g/mol. The number of rotatable bonds is 8. The number of methoxy groups -OCH3 is 1. The number of furan rings is 1. The van der Waals surface area contributed by atoms with E-state index in [0.717, 1.165) is 38.2 Å². The Hall–Kier alpha value is -3.62. The van der Waals surface area contributed by atoms with E-state index in [1.807, 2.05) is 18.2 Å². The highest BCUT2D eigenvalue weighted by Gasteiger charge is 2.40. The summed E-state index contributed by atoms with van der Waals surface area (Å²) in [5.41, 5.74) is 1.17. The Morgan fingerprint density at radius 2 is 1.89 bits per heavy atom. The van der Waals surface area contributed by atoms with Crippen molar-refractivity contribution in [3.8, 4) is 5.75 Å². The van der Waals surface area contributed by atoms with E-state index in [2.05, 4.69) is 0 Å². The summed E-state index contributed by atoms with van der Waals surface area (Å²) in [4.78, 5) is 29.6. The fourth-order valence-electron chi connectivity index (χ4n) is 4.87. The number of fused-ring (bicyclic) bond motifs is 1. The number of nitrogens with zero attached hydrogens (tertiary/aromatic N) is 1. The number of morpholine rings is 1. The number of ether oxygens (including phenoxy) is 2. The average Bonchev–Trinajstić information content (AvgIpc) is 3.44. The van der Waals surface area contributed by atoms with E-state index in [1.54, 1.807) is 43.5 Å². The molecule has 0 spiro atoms. The number of amides is 1. The highest BCUT2D eigenvalue weighted by Crippen LogP contribution is 2.39.